The van der Waals surface area contributed by atoms with Crippen LogP contribution in [0.25, 0.3) is 0 Å². The van der Waals surface area contributed by atoms with E-state index >= 15 is 0 Å². The highest BCUT2D eigenvalue weighted by atomic mass is 35.5. The minimum atomic E-state index is 0.0785. The van der Waals surface area contributed by atoms with Crippen molar-refractivity contribution in [1.29, 1.82) is 5.26 Å². The van der Waals surface area contributed by atoms with Gasteiger partial charge in [-0.2, -0.15) is 5.26 Å². The van der Waals surface area contributed by atoms with E-state index in [-0.39, 0.29) is 6.04 Å². The summed E-state index contributed by atoms with van der Waals surface area (Å²) in [5, 5.41) is 12.5. The quantitative estimate of drug-likeness (QED) is 0.858. The number of anilines is 1. The van der Waals surface area contributed by atoms with Gasteiger partial charge in [0.05, 0.1) is 37.4 Å². The topological polar surface area (TPSA) is 54.3 Å². The third kappa shape index (κ3) is 3.44. The van der Waals surface area contributed by atoms with Crippen LogP contribution in [0, 0.1) is 11.3 Å². The van der Waals surface area contributed by atoms with Crippen molar-refractivity contribution in [3.05, 3.63) is 17.2 Å². The second kappa shape index (κ2) is 6.97. The van der Waals surface area contributed by atoms with Gasteiger partial charge in [0.15, 0.2) is 0 Å². The minimum Gasteiger partial charge on any atom is -0.495 e. The lowest BCUT2D eigenvalue weighted by Gasteiger charge is -2.18. The van der Waals surface area contributed by atoms with E-state index in [1.807, 2.05) is 6.92 Å². The Kier molecular flexibility index (Phi) is 5.60. The highest BCUT2D eigenvalue weighted by molar-refractivity contribution is 6.32. The zero-order valence-corrected chi connectivity index (χ0v) is 11.5. The number of halogens is 1. The van der Waals surface area contributed by atoms with E-state index in [9.17, 15) is 0 Å². The molecule has 0 saturated heterocycles. The minimum absolute atomic E-state index is 0.0785. The summed E-state index contributed by atoms with van der Waals surface area (Å²) in [6, 6.07) is 5.71. The van der Waals surface area contributed by atoms with E-state index in [4.69, 9.17) is 26.3 Å². The molecule has 0 aliphatic carbocycles. The zero-order chi connectivity index (χ0) is 13.5. The van der Waals surface area contributed by atoms with Gasteiger partial charge in [0.25, 0.3) is 0 Å². The van der Waals surface area contributed by atoms with Crippen LogP contribution in [0.3, 0.4) is 0 Å². The molecule has 0 heterocycles. The van der Waals surface area contributed by atoms with Gasteiger partial charge in [-0.3, -0.25) is 0 Å². The van der Waals surface area contributed by atoms with Gasteiger partial charge in [0.2, 0.25) is 0 Å². The summed E-state index contributed by atoms with van der Waals surface area (Å²) in [5.41, 5.74) is 0.779. The van der Waals surface area contributed by atoms with E-state index in [1.165, 1.54) is 0 Å². The summed E-state index contributed by atoms with van der Waals surface area (Å²) in [5.74, 6) is 1.21. The molecule has 0 aliphatic heterocycles. The molecule has 0 amide bonds. The lowest BCUT2D eigenvalue weighted by atomic mass is 10.1. The third-order valence-corrected chi connectivity index (χ3v) is 2.96. The fraction of sp³-hybridized carbons (Fsp3) is 0.462. The Bertz CT molecular complexity index is 443. The number of hydrogen-bond acceptors (Lipinski definition) is 4. The van der Waals surface area contributed by atoms with Crippen LogP contribution in [0.1, 0.15) is 19.8 Å². The lowest BCUT2D eigenvalue weighted by molar-refractivity contribution is 0.404. The van der Waals surface area contributed by atoms with E-state index in [0.29, 0.717) is 22.9 Å². The summed E-state index contributed by atoms with van der Waals surface area (Å²) < 4.78 is 10.4. The van der Waals surface area contributed by atoms with Gasteiger partial charge in [-0.05, 0) is 6.42 Å². The lowest BCUT2D eigenvalue weighted by Crippen LogP contribution is -2.18. The van der Waals surface area contributed by atoms with Crippen LogP contribution in [-0.2, 0) is 0 Å². The second-order valence-corrected chi connectivity index (χ2v) is 4.21. The molecule has 1 atom stereocenters. The largest absolute Gasteiger partial charge is 0.495 e. The molecular weight excluding hydrogens is 252 g/mol. The van der Waals surface area contributed by atoms with Crippen LogP contribution in [0.2, 0.25) is 5.02 Å². The number of ether oxygens (including phenoxy) is 2. The van der Waals surface area contributed by atoms with Crippen LogP contribution in [0.4, 0.5) is 5.69 Å². The molecule has 18 heavy (non-hydrogen) atoms. The van der Waals surface area contributed by atoms with Crippen molar-refractivity contribution in [3.63, 3.8) is 0 Å². The molecule has 0 bridgehead atoms. The monoisotopic (exact) mass is 268 g/mol. The first-order valence-electron chi connectivity index (χ1n) is 5.71. The van der Waals surface area contributed by atoms with E-state index in [1.54, 1.807) is 26.4 Å². The molecule has 1 aromatic carbocycles. The smallest absolute Gasteiger partial charge is 0.143 e. The van der Waals surface area contributed by atoms with Crippen molar-refractivity contribution in [2.24, 2.45) is 0 Å². The number of rotatable bonds is 6. The standard InChI is InChI=1S/C13H17ClN2O2/c1-4-9(5-6-15)16-11-8-12(17-2)10(14)7-13(11)18-3/h7-9,16H,4-5H2,1-3H3. The molecule has 1 unspecified atom stereocenters. The molecule has 0 fully saturated rings. The summed E-state index contributed by atoms with van der Waals surface area (Å²) in [6.07, 6.45) is 1.28. The van der Waals surface area contributed by atoms with Crippen molar-refractivity contribution >= 4 is 17.3 Å². The fourth-order valence-corrected chi connectivity index (χ4v) is 1.83. The maximum absolute atomic E-state index is 8.75. The fourth-order valence-electron chi connectivity index (χ4n) is 1.60. The molecule has 4 nitrogen and oxygen atoms in total. The maximum Gasteiger partial charge on any atom is 0.143 e. The van der Waals surface area contributed by atoms with Crippen molar-refractivity contribution < 1.29 is 9.47 Å². The number of methoxy groups -OCH3 is 2. The SMILES string of the molecule is CCC(CC#N)Nc1cc(OC)c(Cl)cc1OC. The number of hydrogen-bond donors (Lipinski definition) is 1. The van der Waals surface area contributed by atoms with Crippen LogP contribution in [0.15, 0.2) is 12.1 Å². The van der Waals surface area contributed by atoms with Crippen molar-refractivity contribution in [2.45, 2.75) is 25.8 Å². The predicted molar refractivity (Wildman–Crippen MR) is 72.5 cm³/mol. The van der Waals surface area contributed by atoms with Crippen LogP contribution >= 0.6 is 11.6 Å². The number of nitriles is 1. The molecule has 1 aromatic rings. The van der Waals surface area contributed by atoms with Crippen LogP contribution in [-0.4, -0.2) is 20.3 Å². The van der Waals surface area contributed by atoms with Gasteiger partial charge in [-0.15, -0.1) is 0 Å². The Morgan fingerprint density at radius 1 is 1.33 bits per heavy atom. The Hall–Kier alpha value is -1.60. The Labute approximate surface area is 112 Å². The van der Waals surface area contributed by atoms with E-state index in [2.05, 4.69) is 11.4 Å². The first-order valence-corrected chi connectivity index (χ1v) is 6.09. The first-order chi connectivity index (χ1) is 8.65. The molecule has 5 heteroatoms. The Morgan fingerprint density at radius 3 is 2.50 bits per heavy atom. The summed E-state index contributed by atoms with van der Waals surface area (Å²) in [7, 11) is 3.14. The molecule has 0 spiro atoms. The maximum atomic E-state index is 8.75. The van der Waals surface area contributed by atoms with Gasteiger partial charge in [0, 0.05) is 18.2 Å². The normalized spacial score (nSPS) is 11.5. The summed E-state index contributed by atoms with van der Waals surface area (Å²) in [6.45, 7) is 2.02. The van der Waals surface area contributed by atoms with Crippen LogP contribution in [0.5, 0.6) is 11.5 Å². The van der Waals surface area contributed by atoms with Crippen molar-refractivity contribution in [3.8, 4) is 17.6 Å². The second-order valence-electron chi connectivity index (χ2n) is 3.80. The Balaban J connectivity index is 3.02. The molecular formula is C13H17ClN2O2. The molecule has 0 saturated carbocycles. The molecule has 0 radical (unpaired) electrons. The predicted octanol–water partition coefficient (Wildman–Crippen LogP) is 3.46. The van der Waals surface area contributed by atoms with E-state index in [0.717, 1.165) is 12.1 Å². The van der Waals surface area contributed by atoms with Crippen LogP contribution < -0.4 is 14.8 Å². The average Bonchev–Trinajstić information content (AvgIpc) is 2.39. The third-order valence-electron chi connectivity index (χ3n) is 2.66. The first kappa shape index (κ1) is 14.5. The molecule has 98 valence electrons. The average molecular weight is 269 g/mol. The van der Waals surface area contributed by atoms with Crippen molar-refractivity contribution in [2.75, 3.05) is 19.5 Å². The van der Waals surface area contributed by atoms with Gasteiger partial charge >= 0.3 is 0 Å². The Morgan fingerprint density at radius 2 is 2.00 bits per heavy atom. The van der Waals surface area contributed by atoms with Gasteiger partial charge in [0.1, 0.15) is 11.5 Å². The van der Waals surface area contributed by atoms with Gasteiger partial charge < -0.3 is 14.8 Å². The number of benzene rings is 1. The highest BCUT2D eigenvalue weighted by Crippen LogP contribution is 2.36. The molecule has 1 N–H and O–H groups in total. The zero-order valence-electron chi connectivity index (χ0n) is 10.8. The molecule has 0 aromatic heterocycles. The summed E-state index contributed by atoms with van der Waals surface area (Å²) >= 11 is 6.03. The van der Waals surface area contributed by atoms with Gasteiger partial charge in [-0.1, -0.05) is 18.5 Å². The number of nitrogens with zero attached hydrogens (tertiary/aromatic N) is 1. The highest BCUT2D eigenvalue weighted by Gasteiger charge is 2.13. The van der Waals surface area contributed by atoms with Gasteiger partial charge in [-0.25, -0.2) is 0 Å². The molecule has 0 aliphatic rings. The molecule has 1 rings (SSSR count). The van der Waals surface area contributed by atoms with E-state index < -0.39 is 0 Å². The number of nitrogens with one attached hydrogen (secondary N) is 1. The summed E-state index contributed by atoms with van der Waals surface area (Å²) in [4.78, 5) is 0. The van der Waals surface area contributed by atoms with Crippen molar-refractivity contribution in [1.82, 2.24) is 0 Å².